The summed E-state index contributed by atoms with van der Waals surface area (Å²) in [5, 5.41) is 0. The van der Waals surface area contributed by atoms with Gasteiger partial charge in [-0.05, 0) is 30.3 Å². The number of thiocarbonyl (C=S) groups is 1. The highest BCUT2D eigenvalue weighted by molar-refractivity contribution is 8.27. The molecule has 1 amide bonds. The summed E-state index contributed by atoms with van der Waals surface area (Å²) in [6.45, 7) is 0. The average molecular weight is 383 g/mol. The standard InChI is InChI=1S/C17H9F4NOS2/c18-13-7-2-1-4-10(13)8-14-15(23)22(16(24)25-14)12-6-3-5-11(9-12)17(19,20)21/h1-9H/b14-8-. The Labute approximate surface area is 150 Å². The van der Waals surface area contributed by atoms with Gasteiger partial charge in [0.2, 0.25) is 0 Å². The minimum Gasteiger partial charge on any atom is -0.268 e. The van der Waals surface area contributed by atoms with E-state index < -0.39 is 23.5 Å². The van der Waals surface area contributed by atoms with Gasteiger partial charge in [-0.2, -0.15) is 13.2 Å². The molecule has 0 saturated carbocycles. The Morgan fingerprint density at radius 3 is 2.48 bits per heavy atom. The number of benzene rings is 2. The third-order valence-electron chi connectivity index (χ3n) is 3.42. The normalized spacial score (nSPS) is 16.8. The van der Waals surface area contributed by atoms with E-state index in [2.05, 4.69) is 0 Å². The predicted octanol–water partition coefficient (Wildman–Crippen LogP) is 5.25. The van der Waals surface area contributed by atoms with Crippen LogP contribution in [0.25, 0.3) is 6.08 Å². The van der Waals surface area contributed by atoms with Gasteiger partial charge in [-0.15, -0.1) is 0 Å². The second-order valence-electron chi connectivity index (χ2n) is 5.09. The first-order valence-corrected chi connectivity index (χ1v) is 8.19. The molecule has 2 aromatic rings. The molecule has 2 aromatic carbocycles. The second kappa shape index (κ2) is 6.61. The molecule has 1 aliphatic heterocycles. The van der Waals surface area contributed by atoms with Crippen LogP contribution in [-0.2, 0) is 11.0 Å². The van der Waals surface area contributed by atoms with Crippen molar-refractivity contribution < 1.29 is 22.4 Å². The molecule has 0 aromatic heterocycles. The third-order valence-corrected chi connectivity index (χ3v) is 4.72. The molecule has 0 bridgehead atoms. The average Bonchev–Trinajstić information content (AvgIpc) is 2.83. The van der Waals surface area contributed by atoms with Crippen molar-refractivity contribution in [2.75, 3.05) is 4.90 Å². The summed E-state index contributed by atoms with van der Waals surface area (Å²) in [5.74, 6) is -1.09. The topological polar surface area (TPSA) is 20.3 Å². The number of anilines is 1. The molecule has 0 unspecified atom stereocenters. The number of alkyl halides is 3. The molecule has 2 nitrogen and oxygen atoms in total. The quantitative estimate of drug-likeness (QED) is 0.401. The number of hydrogen-bond donors (Lipinski definition) is 0. The molecule has 0 aliphatic carbocycles. The molecular formula is C17H9F4NOS2. The summed E-state index contributed by atoms with van der Waals surface area (Å²) in [7, 11) is 0. The predicted molar refractivity (Wildman–Crippen MR) is 93.5 cm³/mol. The van der Waals surface area contributed by atoms with E-state index in [1.807, 2.05) is 0 Å². The largest absolute Gasteiger partial charge is 0.416 e. The number of carbonyl (C=O) groups excluding carboxylic acids is 1. The van der Waals surface area contributed by atoms with Gasteiger partial charge < -0.3 is 0 Å². The van der Waals surface area contributed by atoms with Crippen LogP contribution in [0, 0.1) is 5.82 Å². The molecule has 0 N–H and O–H groups in total. The molecule has 0 spiro atoms. The van der Waals surface area contributed by atoms with Crippen molar-refractivity contribution in [3.05, 3.63) is 70.4 Å². The van der Waals surface area contributed by atoms with Gasteiger partial charge in [0, 0.05) is 5.56 Å². The lowest BCUT2D eigenvalue weighted by atomic mass is 10.1. The van der Waals surface area contributed by atoms with Crippen molar-refractivity contribution in [3.8, 4) is 0 Å². The maximum Gasteiger partial charge on any atom is 0.416 e. The molecule has 0 atom stereocenters. The zero-order valence-corrected chi connectivity index (χ0v) is 14.0. The van der Waals surface area contributed by atoms with E-state index in [-0.39, 0.29) is 20.5 Å². The van der Waals surface area contributed by atoms with Crippen LogP contribution in [0.4, 0.5) is 23.2 Å². The van der Waals surface area contributed by atoms with Crippen LogP contribution < -0.4 is 4.90 Å². The SMILES string of the molecule is O=C1/C(=C/c2ccccc2F)SC(=S)N1c1cccc(C(F)(F)F)c1. The molecule has 128 valence electrons. The van der Waals surface area contributed by atoms with Crippen LogP contribution in [0.1, 0.15) is 11.1 Å². The van der Waals surface area contributed by atoms with Crippen LogP contribution in [0.5, 0.6) is 0 Å². The number of nitrogens with zero attached hydrogens (tertiary/aromatic N) is 1. The van der Waals surface area contributed by atoms with Gasteiger partial charge in [0.25, 0.3) is 5.91 Å². The summed E-state index contributed by atoms with van der Waals surface area (Å²) < 4.78 is 52.4. The van der Waals surface area contributed by atoms with E-state index in [9.17, 15) is 22.4 Å². The fraction of sp³-hybridized carbons (Fsp3) is 0.0588. The molecule has 1 fully saturated rings. The minimum absolute atomic E-state index is 0.0225. The van der Waals surface area contributed by atoms with Crippen LogP contribution in [0.2, 0.25) is 0 Å². The molecular weight excluding hydrogens is 374 g/mol. The van der Waals surface area contributed by atoms with Gasteiger partial charge in [-0.3, -0.25) is 9.69 Å². The van der Waals surface area contributed by atoms with E-state index in [1.54, 1.807) is 6.07 Å². The summed E-state index contributed by atoms with van der Waals surface area (Å²) in [5.41, 5.74) is -0.654. The first kappa shape index (κ1) is 17.6. The smallest absolute Gasteiger partial charge is 0.268 e. The molecule has 1 heterocycles. The highest BCUT2D eigenvalue weighted by Gasteiger charge is 2.36. The Kier molecular flexibility index (Phi) is 4.66. The first-order chi connectivity index (χ1) is 11.8. The lowest BCUT2D eigenvalue weighted by Gasteiger charge is -2.16. The maximum absolute atomic E-state index is 13.7. The Balaban J connectivity index is 1.96. The van der Waals surface area contributed by atoms with Crippen molar-refractivity contribution in [2.24, 2.45) is 0 Å². The Morgan fingerprint density at radius 1 is 1.08 bits per heavy atom. The van der Waals surface area contributed by atoms with E-state index in [4.69, 9.17) is 12.2 Å². The zero-order chi connectivity index (χ0) is 18.2. The van der Waals surface area contributed by atoms with Crippen molar-refractivity contribution in [1.82, 2.24) is 0 Å². The van der Waals surface area contributed by atoms with Gasteiger partial charge in [-0.1, -0.05) is 48.2 Å². The number of carbonyl (C=O) groups is 1. The number of rotatable bonds is 2. The zero-order valence-electron chi connectivity index (χ0n) is 12.4. The second-order valence-corrected chi connectivity index (χ2v) is 6.76. The van der Waals surface area contributed by atoms with Crippen LogP contribution >= 0.6 is 24.0 Å². The first-order valence-electron chi connectivity index (χ1n) is 6.97. The summed E-state index contributed by atoms with van der Waals surface area (Å²) in [6, 6.07) is 10.2. The fourth-order valence-electron chi connectivity index (χ4n) is 2.25. The molecule has 1 saturated heterocycles. The van der Waals surface area contributed by atoms with Gasteiger partial charge in [-0.25, -0.2) is 4.39 Å². The molecule has 3 rings (SSSR count). The monoisotopic (exact) mass is 383 g/mol. The summed E-state index contributed by atoms with van der Waals surface area (Å²) in [4.78, 5) is 13.7. The van der Waals surface area contributed by atoms with Gasteiger partial charge >= 0.3 is 6.18 Å². The molecule has 8 heteroatoms. The van der Waals surface area contributed by atoms with Crippen molar-refractivity contribution in [2.45, 2.75) is 6.18 Å². The Bertz CT molecular complexity index is 892. The summed E-state index contributed by atoms with van der Waals surface area (Å²) >= 11 is 6.03. The number of amides is 1. The highest BCUT2D eigenvalue weighted by Crippen LogP contribution is 2.38. The van der Waals surface area contributed by atoms with E-state index in [0.717, 1.165) is 28.8 Å². The minimum atomic E-state index is -4.53. The van der Waals surface area contributed by atoms with E-state index in [1.165, 1.54) is 36.4 Å². The maximum atomic E-state index is 13.7. The number of hydrogen-bond acceptors (Lipinski definition) is 3. The molecule has 25 heavy (non-hydrogen) atoms. The molecule has 0 radical (unpaired) electrons. The van der Waals surface area contributed by atoms with Gasteiger partial charge in [0.1, 0.15) is 5.82 Å². The van der Waals surface area contributed by atoms with Gasteiger partial charge in [0.05, 0.1) is 16.2 Å². The van der Waals surface area contributed by atoms with Crippen molar-refractivity contribution in [3.63, 3.8) is 0 Å². The highest BCUT2D eigenvalue weighted by atomic mass is 32.2. The van der Waals surface area contributed by atoms with Crippen LogP contribution in [0.3, 0.4) is 0 Å². The molecule has 1 aliphatic rings. The number of halogens is 4. The van der Waals surface area contributed by atoms with Crippen LogP contribution in [-0.4, -0.2) is 10.2 Å². The van der Waals surface area contributed by atoms with Crippen molar-refractivity contribution in [1.29, 1.82) is 0 Å². The van der Waals surface area contributed by atoms with Crippen molar-refractivity contribution >= 4 is 46.0 Å². The van der Waals surface area contributed by atoms with E-state index in [0.29, 0.717) is 0 Å². The van der Waals surface area contributed by atoms with Crippen LogP contribution in [0.15, 0.2) is 53.4 Å². The summed E-state index contributed by atoms with van der Waals surface area (Å²) in [6.07, 6.45) is -3.19. The lowest BCUT2D eigenvalue weighted by molar-refractivity contribution is -0.137. The van der Waals surface area contributed by atoms with Gasteiger partial charge in [0.15, 0.2) is 4.32 Å². The Hall–Kier alpha value is -2.19. The number of thioether (sulfide) groups is 1. The third kappa shape index (κ3) is 3.59. The lowest BCUT2D eigenvalue weighted by Crippen LogP contribution is -2.27. The van der Waals surface area contributed by atoms with E-state index >= 15 is 0 Å². The fourth-order valence-corrected chi connectivity index (χ4v) is 3.53. The Morgan fingerprint density at radius 2 is 1.80 bits per heavy atom.